The lowest BCUT2D eigenvalue weighted by Gasteiger charge is -2.32. The minimum absolute atomic E-state index is 0.224. The first kappa shape index (κ1) is 12.9. The second-order valence-electron chi connectivity index (χ2n) is 5.22. The molecule has 2 unspecified atom stereocenters. The number of rotatable bonds is 5. The van der Waals surface area contributed by atoms with Gasteiger partial charge in [-0.25, -0.2) is 0 Å². The minimum Gasteiger partial charge on any atom is -0.390 e. The lowest BCUT2D eigenvalue weighted by Crippen LogP contribution is -2.43. The van der Waals surface area contributed by atoms with Gasteiger partial charge in [0.25, 0.3) is 0 Å². The SMILES string of the molecule is CC1CCCN(CC(O)CNC(C)C)C1. The van der Waals surface area contributed by atoms with Crippen LogP contribution in [0, 0.1) is 5.92 Å². The van der Waals surface area contributed by atoms with Crippen molar-refractivity contribution >= 4 is 0 Å². The Morgan fingerprint density at radius 3 is 2.80 bits per heavy atom. The van der Waals surface area contributed by atoms with Crippen LogP contribution in [0.3, 0.4) is 0 Å². The van der Waals surface area contributed by atoms with Crippen molar-refractivity contribution in [3.05, 3.63) is 0 Å². The van der Waals surface area contributed by atoms with Crippen LogP contribution in [0.15, 0.2) is 0 Å². The van der Waals surface area contributed by atoms with Crippen molar-refractivity contribution in [3.8, 4) is 0 Å². The zero-order valence-corrected chi connectivity index (χ0v) is 10.4. The standard InChI is InChI=1S/C12H26N2O/c1-10(2)13-7-12(15)9-14-6-4-5-11(3)8-14/h10-13,15H,4-9H2,1-3H3. The molecule has 0 radical (unpaired) electrons. The number of β-amino-alcohol motifs (C(OH)–C–C–N with tert-alkyl or cyclic N) is 1. The van der Waals surface area contributed by atoms with E-state index in [-0.39, 0.29) is 6.10 Å². The lowest BCUT2D eigenvalue weighted by molar-refractivity contribution is 0.0858. The van der Waals surface area contributed by atoms with Crippen molar-refractivity contribution in [3.63, 3.8) is 0 Å². The Morgan fingerprint density at radius 2 is 2.20 bits per heavy atom. The normalized spacial score (nSPS) is 25.8. The zero-order chi connectivity index (χ0) is 11.3. The number of aliphatic hydroxyl groups excluding tert-OH is 1. The quantitative estimate of drug-likeness (QED) is 0.719. The van der Waals surface area contributed by atoms with E-state index in [2.05, 4.69) is 31.0 Å². The van der Waals surface area contributed by atoms with Crippen LogP contribution in [0.4, 0.5) is 0 Å². The van der Waals surface area contributed by atoms with Crippen molar-refractivity contribution in [1.82, 2.24) is 10.2 Å². The number of hydrogen-bond donors (Lipinski definition) is 2. The Bertz CT molecular complexity index is 173. The Labute approximate surface area is 93.9 Å². The third kappa shape index (κ3) is 5.50. The maximum Gasteiger partial charge on any atom is 0.0791 e. The number of hydrogen-bond acceptors (Lipinski definition) is 3. The van der Waals surface area contributed by atoms with Gasteiger partial charge in [-0.15, -0.1) is 0 Å². The van der Waals surface area contributed by atoms with Gasteiger partial charge in [-0.3, -0.25) is 0 Å². The summed E-state index contributed by atoms with van der Waals surface area (Å²) in [5.74, 6) is 0.795. The molecule has 1 rings (SSSR count). The van der Waals surface area contributed by atoms with Crippen LogP contribution in [0.2, 0.25) is 0 Å². The summed E-state index contributed by atoms with van der Waals surface area (Å²) in [5.41, 5.74) is 0. The maximum atomic E-state index is 9.83. The molecule has 90 valence electrons. The number of likely N-dealkylation sites (tertiary alicyclic amines) is 1. The van der Waals surface area contributed by atoms with Gasteiger partial charge in [0.05, 0.1) is 6.10 Å². The first-order valence-electron chi connectivity index (χ1n) is 6.21. The molecule has 15 heavy (non-hydrogen) atoms. The fourth-order valence-electron chi connectivity index (χ4n) is 2.19. The second kappa shape index (κ2) is 6.46. The number of aliphatic hydroxyl groups is 1. The summed E-state index contributed by atoms with van der Waals surface area (Å²) in [4.78, 5) is 2.39. The average molecular weight is 214 g/mol. The van der Waals surface area contributed by atoms with Crippen LogP contribution in [-0.2, 0) is 0 Å². The van der Waals surface area contributed by atoms with E-state index in [9.17, 15) is 5.11 Å². The molecule has 1 aliphatic heterocycles. The van der Waals surface area contributed by atoms with Crippen molar-refractivity contribution in [2.45, 2.75) is 45.8 Å². The number of piperidine rings is 1. The molecule has 0 bridgehead atoms. The zero-order valence-electron chi connectivity index (χ0n) is 10.4. The highest BCUT2D eigenvalue weighted by Gasteiger charge is 2.18. The molecule has 0 aromatic rings. The second-order valence-corrected chi connectivity index (χ2v) is 5.22. The Kier molecular flexibility index (Phi) is 5.58. The topological polar surface area (TPSA) is 35.5 Å². The first-order valence-corrected chi connectivity index (χ1v) is 6.21. The van der Waals surface area contributed by atoms with E-state index in [1.54, 1.807) is 0 Å². The summed E-state index contributed by atoms with van der Waals surface area (Å²) >= 11 is 0. The summed E-state index contributed by atoms with van der Waals surface area (Å²) in [5, 5.41) is 13.1. The van der Waals surface area contributed by atoms with Crippen molar-refractivity contribution in [2.75, 3.05) is 26.2 Å². The lowest BCUT2D eigenvalue weighted by atomic mass is 10.00. The Hall–Kier alpha value is -0.120. The van der Waals surface area contributed by atoms with E-state index in [0.717, 1.165) is 25.6 Å². The molecule has 0 aliphatic carbocycles. The monoisotopic (exact) mass is 214 g/mol. The average Bonchev–Trinajstić information content (AvgIpc) is 2.15. The van der Waals surface area contributed by atoms with Gasteiger partial charge in [0, 0.05) is 25.7 Å². The van der Waals surface area contributed by atoms with Crippen molar-refractivity contribution < 1.29 is 5.11 Å². The fourth-order valence-corrected chi connectivity index (χ4v) is 2.19. The molecule has 2 atom stereocenters. The summed E-state index contributed by atoms with van der Waals surface area (Å²) in [7, 11) is 0. The molecule has 1 saturated heterocycles. The molecular formula is C12H26N2O. The number of nitrogens with one attached hydrogen (secondary N) is 1. The van der Waals surface area contributed by atoms with Gasteiger partial charge in [0.15, 0.2) is 0 Å². The molecule has 0 saturated carbocycles. The van der Waals surface area contributed by atoms with Gasteiger partial charge in [0.2, 0.25) is 0 Å². The van der Waals surface area contributed by atoms with Crippen LogP contribution in [-0.4, -0.2) is 48.3 Å². The largest absolute Gasteiger partial charge is 0.390 e. The molecule has 0 amide bonds. The van der Waals surface area contributed by atoms with Gasteiger partial charge < -0.3 is 15.3 Å². The Balaban J connectivity index is 2.16. The van der Waals surface area contributed by atoms with Gasteiger partial charge in [-0.05, 0) is 25.3 Å². The van der Waals surface area contributed by atoms with Gasteiger partial charge >= 0.3 is 0 Å². The highest BCUT2D eigenvalue weighted by atomic mass is 16.3. The molecule has 0 aromatic heterocycles. The highest BCUT2D eigenvalue weighted by molar-refractivity contribution is 4.74. The van der Waals surface area contributed by atoms with Crippen molar-refractivity contribution in [2.24, 2.45) is 5.92 Å². The van der Waals surface area contributed by atoms with Gasteiger partial charge in [-0.2, -0.15) is 0 Å². The third-order valence-electron chi connectivity index (χ3n) is 2.97. The van der Waals surface area contributed by atoms with E-state index in [1.165, 1.54) is 12.8 Å². The highest BCUT2D eigenvalue weighted by Crippen LogP contribution is 2.15. The van der Waals surface area contributed by atoms with Gasteiger partial charge in [0.1, 0.15) is 0 Å². The predicted octanol–water partition coefficient (Wildman–Crippen LogP) is 1.08. The van der Waals surface area contributed by atoms with E-state index in [1.807, 2.05) is 0 Å². The molecule has 1 heterocycles. The predicted molar refractivity (Wildman–Crippen MR) is 64.0 cm³/mol. The van der Waals surface area contributed by atoms with Crippen LogP contribution in [0.5, 0.6) is 0 Å². The summed E-state index contributed by atoms with van der Waals surface area (Å²) < 4.78 is 0. The Morgan fingerprint density at radius 1 is 1.47 bits per heavy atom. The van der Waals surface area contributed by atoms with Crippen LogP contribution >= 0.6 is 0 Å². The molecule has 1 aliphatic rings. The molecule has 1 fully saturated rings. The van der Waals surface area contributed by atoms with Gasteiger partial charge in [-0.1, -0.05) is 20.8 Å². The molecule has 3 nitrogen and oxygen atoms in total. The first-order chi connectivity index (χ1) is 7.08. The molecular weight excluding hydrogens is 188 g/mol. The molecule has 0 aromatic carbocycles. The van der Waals surface area contributed by atoms with E-state index >= 15 is 0 Å². The van der Waals surface area contributed by atoms with Crippen molar-refractivity contribution in [1.29, 1.82) is 0 Å². The van der Waals surface area contributed by atoms with Crippen LogP contribution in [0.25, 0.3) is 0 Å². The molecule has 2 N–H and O–H groups in total. The van der Waals surface area contributed by atoms with E-state index in [0.29, 0.717) is 12.6 Å². The van der Waals surface area contributed by atoms with E-state index in [4.69, 9.17) is 0 Å². The smallest absolute Gasteiger partial charge is 0.0791 e. The fraction of sp³-hybridized carbons (Fsp3) is 1.00. The summed E-state index contributed by atoms with van der Waals surface area (Å²) in [6, 6.07) is 0.458. The molecule has 0 spiro atoms. The maximum absolute atomic E-state index is 9.83. The summed E-state index contributed by atoms with van der Waals surface area (Å²) in [6.45, 7) is 10.4. The third-order valence-corrected chi connectivity index (χ3v) is 2.97. The van der Waals surface area contributed by atoms with Crippen LogP contribution < -0.4 is 5.32 Å². The van der Waals surface area contributed by atoms with Crippen LogP contribution in [0.1, 0.15) is 33.6 Å². The summed E-state index contributed by atoms with van der Waals surface area (Å²) in [6.07, 6.45) is 2.40. The van der Waals surface area contributed by atoms with E-state index < -0.39 is 0 Å². The minimum atomic E-state index is -0.224. The molecule has 3 heteroatoms. The number of nitrogens with zero attached hydrogens (tertiary/aromatic N) is 1.